The topological polar surface area (TPSA) is 28.1 Å². The number of hydrogen-bond acceptors (Lipinski definition) is 4. The van der Waals surface area contributed by atoms with Gasteiger partial charge in [-0.25, -0.2) is 9.40 Å². The maximum Gasteiger partial charge on any atom is 0.200 e. The highest BCUT2D eigenvalue weighted by Gasteiger charge is 2.52. The molecule has 0 bridgehead atoms. The number of halogens is 2. The zero-order valence-corrected chi connectivity index (χ0v) is 21.8. The van der Waals surface area contributed by atoms with E-state index in [2.05, 4.69) is 62.2 Å². The summed E-state index contributed by atoms with van der Waals surface area (Å²) in [5.41, 5.74) is 5.00. The van der Waals surface area contributed by atoms with Crippen molar-refractivity contribution in [1.82, 2.24) is 9.91 Å². The van der Waals surface area contributed by atoms with Crippen LogP contribution in [0.4, 0.5) is 4.39 Å². The smallest absolute Gasteiger partial charge is 0.200 e. The molecule has 7 rings (SSSR count). The summed E-state index contributed by atoms with van der Waals surface area (Å²) < 4.78 is 22.6. The standard InChI is InChI=1S/C30H29BrFN3O/c31-21-12-13-29-24(18-21)28-19-26(23-9-3-4-10-25(23)32)33-35(28)30(36-29)14-16-34(17-15-30)27-11-5-7-20-6-1-2-8-22(20)27/h1-4,6,8-10,12-13,18,27-28H,5,7,11,14-17,19H2/t27-,28-/m0/s1. The Balaban J connectivity index is 1.22. The molecule has 1 fully saturated rings. The SMILES string of the molecule is Fc1ccccc1C1=NN2[C@@H](C1)c1cc(Br)ccc1OC21CCN([C@H]2CCCc3ccccc32)CC1. The van der Waals surface area contributed by atoms with E-state index >= 15 is 0 Å². The first kappa shape index (κ1) is 22.5. The minimum absolute atomic E-state index is 0.0443. The van der Waals surface area contributed by atoms with Crippen LogP contribution in [0, 0.1) is 5.82 Å². The van der Waals surface area contributed by atoms with Crippen molar-refractivity contribution in [1.29, 1.82) is 0 Å². The van der Waals surface area contributed by atoms with Crippen LogP contribution in [-0.4, -0.2) is 34.4 Å². The zero-order chi connectivity index (χ0) is 24.3. The summed E-state index contributed by atoms with van der Waals surface area (Å²) in [6.45, 7) is 1.91. The van der Waals surface area contributed by atoms with Gasteiger partial charge in [-0.1, -0.05) is 58.4 Å². The molecule has 1 saturated heterocycles. The van der Waals surface area contributed by atoms with Crippen LogP contribution in [0.3, 0.4) is 0 Å². The molecule has 3 aliphatic heterocycles. The van der Waals surface area contributed by atoms with E-state index in [0.717, 1.165) is 47.4 Å². The fraction of sp³-hybridized carbons (Fsp3) is 0.367. The lowest BCUT2D eigenvalue weighted by molar-refractivity contribution is -0.153. The number of ether oxygens (including phenoxy) is 1. The molecule has 0 amide bonds. The summed E-state index contributed by atoms with van der Waals surface area (Å²) in [6.07, 6.45) is 6.05. The second-order valence-electron chi connectivity index (χ2n) is 10.5. The number of aryl methyl sites for hydroxylation is 1. The molecule has 36 heavy (non-hydrogen) atoms. The predicted octanol–water partition coefficient (Wildman–Crippen LogP) is 7.00. The number of benzene rings is 3. The van der Waals surface area contributed by atoms with Crippen molar-refractivity contribution in [3.05, 3.63) is 99.3 Å². The van der Waals surface area contributed by atoms with E-state index in [1.54, 1.807) is 6.07 Å². The molecule has 6 heteroatoms. The first-order valence-electron chi connectivity index (χ1n) is 13.0. The molecule has 0 saturated carbocycles. The molecule has 3 aromatic carbocycles. The van der Waals surface area contributed by atoms with Crippen LogP contribution in [0.1, 0.15) is 66.4 Å². The van der Waals surface area contributed by atoms with Gasteiger partial charge in [-0.2, -0.15) is 5.10 Å². The van der Waals surface area contributed by atoms with Gasteiger partial charge in [0.05, 0.1) is 11.8 Å². The number of hydrogen-bond donors (Lipinski definition) is 0. The zero-order valence-electron chi connectivity index (χ0n) is 20.2. The molecule has 3 aromatic rings. The molecule has 1 aliphatic carbocycles. The molecule has 2 atom stereocenters. The number of fused-ring (bicyclic) bond motifs is 5. The van der Waals surface area contributed by atoms with Crippen molar-refractivity contribution in [3.8, 4) is 5.75 Å². The highest BCUT2D eigenvalue weighted by Crippen LogP contribution is 2.51. The monoisotopic (exact) mass is 545 g/mol. The van der Waals surface area contributed by atoms with Gasteiger partial charge in [0.1, 0.15) is 11.6 Å². The molecule has 0 unspecified atom stereocenters. The predicted molar refractivity (Wildman–Crippen MR) is 143 cm³/mol. The van der Waals surface area contributed by atoms with E-state index in [4.69, 9.17) is 9.84 Å². The van der Waals surface area contributed by atoms with Crippen molar-refractivity contribution >= 4 is 21.6 Å². The first-order chi connectivity index (χ1) is 17.6. The van der Waals surface area contributed by atoms with Gasteiger partial charge in [-0.15, -0.1) is 0 Å². The Kier molecular flexibility index (Phi) is 5.44. The van der Waals surface area contributed by atoms with Gasteiger partial charge >= 0.3 is 0 Å². The maximum absolute atomic E-state index is 14.7. The molecule has 0 aromatic heterocycles. The minimum atomic E-state index is -0.511. The van der Waals surface area contributed by atoms with Crippen LogP contribution in [0.2, 0.25) is 0 Å². The van der Waals surface area contributed by atoms with Gasteiger partial charge in [0.15, 0.2) is 0 Å². The van der Waals surface area contributed by atoms with E-state index in [0.29, 0.717) is 18.0 Å². The second-order valence-corrected chi connectivity index (χ2v) is 11.4. The van der Waals surface area contributed by atoms with Crippen molar-refractivity contribution in [3.63, 3.8) is 0 Å². The Morgan fingerprint density at radius 2 is 1.75 bits per heavy atom. The van der Waals surface area contributed by atoms with Crippen molar-refractivity contribution in [2.45, 2.75) is 56.3 Å². The Morgan fingerprint density at radius 3 is 2.61 bits per heavy atom. The van der Waals surface area contributed by atoms with Crippen molar-refractivity contribution in [2.24, 2.45) is 5.10 Å². The fourth-order valence-corrected chi connectivity index (χ4v) is 7.11. The molecule has 1 spiro atoms. The third-order valence-electron chi connectivity index (χ3n) is 8.50. The minimum Gasteiger partial charge on any atom is -0.466 e. The molecular weight excluding hydrogens is 517 g/mol. The average Bonchev–Trinajstić information content (AvgIpc) is 3.37. The Bertz CT molecular complexity index is 1350. The molecule has 0 radical (unpaired) electrons. The van der Waals surface area contributed by atoms with Gasteiger partial charge in [-0.05, 0) is 54.7 Å². The lowest BCUT2D eigenvalue weighted by Gasteiger charge is -2.52. The molecule has 184 valence electrons. The van der Waals surface area contributed by atoms with Gasteiger partial charge in [-0.3, -0.25) is 4.90 Å². The van der Waals surface area contributed by atoms with Crippen LogP contribution < -0.4 is 4.74 Å². The van der Waals surface area contributed by atoms with Gasteiger partial charge in [0, 0.05) is 54.0 Å². The first-order valence-corrected chi connectivity index (χ1v) is 13.8. The van der Waals surface area contributed by atoms with Crippen LogP contribution in [-0.2, 0) is 6.42 Å². The molecule has 3 heterocycles. The largest absolute Gasteiger partial charge is 0.466 e. The Morgan fingerprint density at radius 1 is 0.944 bits per heavy atom. The number of piperidine rings is 1. The van der Waals surface area contributed by atoms with E-state index in [9.17, 15) is 4.39 Å². The van der Waals surface area contributed by atoms with Crippen LogP contribution >= 0.6 is 15.9 Å². The normalized spacial score (nSPS) is 24.5. The quantitative estimate of drug-likeness (QED) is 0.347. The Hall–Kier alpha value is -2.70. The fourth-order valence-electron chi connectivity index (χ4n) is 6.73. The summed E-state index contributed by atoms with van der Waals surface area (Å²) in [5, 5.41) is 7.25. The van der Waals surface area contributed by atoms with E-state index in [1.165, 1.54) is 36.5 Å². The summed E-state index contributed by atoms with van der Waals surface area (Å²) in [5.74, 6) is 0.715. The number of likely N-dealkylation sites (tertiary alicyclic amines) is 1. The number of rotatable bonds is 2. The highest BCUT2D eigenvalue weighted by atomic mass is 79.9. The van der Waals surface area contributed by atoms with Gasteiger partial charge < -0.3 is 4.74 Å². The number of nitrogens with zero attached hydrogens (tertiary/aromatic N) is 3. The van der Waals surface area contributed by atoms with Crippen LogP contribution in [0.25, 0.3) is 0 Å². The van der Waals surface area contributed by atoms with Crippen molar-refractivity contribution < 1.29 is 9.13 Å². The lowest BCUT2D eigenvalue weighted by atomic mass is 9.84. The Labute approximate surface area is 219 Å². The average molecular weight is 546 g/mol. The van der Waals surface area contributed by atoms with Crippen LogP contribution in [0.5, 0.6) is 5.75 Å². The third-order valence-corrected chi connectivity index (χ3v) is 8.99. The van der Waals surface area contributed by atoms with Gasteiger partial charge in [0.2, 0.25) is 5.72 Å². The van der Waals surface area contributed by atoms with Crippen LogP contribution in [0.15, 0.2) is 76.3 Å². The highest BCUT2D eigenvalue weighted by molar-refractivity contribution is 9.10. The van der Waals surface area contributed by atoms with E-state index in [-0.39, 0.29) is 11.9 Å². The van der Waals surface area contributed by atoms with Crippen molar-refractivity contribution in [2.75, 3.05) is 13.1 Å². The molecular formula is C30H29BrFN3O. The second kappa shape index (κ2) is 8.70. The summed E-state index contributed by atoms with van der Waals surface area (Å²) in [4.78, 5) is 2.65. The summed E-state index contributed by atoms with van der Waals surface area (Å²) in [6, 6.07) is 22.7. The lowest BCUT2D eigenvalue weighted by Crippen LogP contribution is -2.59. The number of hydrazone groups is 1. The summed E-state index contributed by atoms with van der Waals surface area (Å²) in [7, 11) is 0. The van der Waals surface area contributed by atoms with Gasteiger partial charge in [0.25, 0.3) is 0 Å². The summed E-state index contributed by atoms with van der Waals surface area (Å²) >= 11 is 3.63. The molecule has 0 N–H and O–H groups in total. The van der Waals surface area contributed by atoms with E-state index in [1.807, 2.05) is 18.2 Å². The van der Waals surface area contributed by atoms with E-state index < -0.39 is 5.72 Å². The maximum atomic E-state index is 14.7. The molecule has 4 nitrogen and oxygen atoms in total. The third kappa shape index (κ3) is 3.60. The molecule has 4 aliphatic rings.